The van der Waals surface area contributed by atoms with E-state index in [0.29, 0.717) is 13.0 Å². The second kappa shape index (κ2) is 8.88. The molecule has 3 nitrogen and oxygen atoms in total. The SMILES string of the molecule is Cc1ccc(OCCCC(=O)NC(C)c2ccc3c(c2)CCCC3)cc1. The van der Waals surface area contributed by atoms with Gasteiger partial charge < -0.3 is 10.1 Å². The van der Waals surface area contributed by atoms with Crippen molar-refractivity contribution in [2.45, 2.75) is 58.4 Å². The smallest absolute Gasteiger partial charge is 0.220 e. The van der Waals surface area contributed by atoms with E-state index < -0.39 is 0 Å². The summed E-state index contributed by atoms with van der Waals surface area (Å²) in [4.78, 5) is 12.2. The summed E-state index contributed by atoms with van der Waals surface area (Å²) in [6, 6.07) is 14.7. The first-order valence-corrected chi connectivity index (χ1v) is 9.72. The van der Waals surface area contributed by atoms with Crippen LogP contribution in [0.2, 0.25) is 0 Å². The lowest BCUT2D eigenvalue weighted by Crippen LogP contribution is -2.27. The van der Waals surface area contributed by atoms with Crippen molar-refractivity contribution in [2.24, 2.45) is 0 Å². The molecular weight excluding hydrogens is 322 g/mol. The van der Waals surface area contributed by atoms with Gasteiger partial charge in [0, 0.05) is 6.42 Å². The van der Waals surface area contributed by atoms with Gasteiger partial charge in [-0.3, -0.25) is 4.79 Å². The molecule has 1 aliphatic rings. The van der Waals surface area contributed by atoms with E-state index in [-0.39, 0.29) is 11.9 Å². The molecule has 0 bridgehead atoms. The molecule has 3 rings (SSSR count). The summed E-state index contributed by atoms with van der Waals surface area (Å²) in [5.74, 6) is 0.946. The van der Waals surface area contributed by atoms with Crippen LogP contribution in [0.15, 0.2) is 42.5 Å². The average Bonchev–Trinajstić information content (AvgIpc) is 2.66. The summed E-state index contributed by atoms with van der Waals surface area (Å²) in [7, 11) is 0. The van der Waals surface area contributed by atoms with E-state index in [1.807, 2.05) is 24.3 Å². The van der Waals surface area contributed by atoms with E-state index in [0.717, 1.165) is 12.2 Å². The van der Waals surface area contributed by atoms with Crippen LogP contribution in [0.25, 0.3) is 0 Å². The Bertz CT molecular complexity index is 736. The van der Waals surface area contributed by atoms with Gasteiger partial charge in [-0.1, -0.05) is 35.9 Å². The molecule has 0 saturated heterocycles. The predicted molar refractivity (Wildman–Crippen MR) is 106 cm³/mol. The van der Waals surface area contributed by atoms with Crippen LogP contribution in [0.3, 0.4) is 0 Å². The van der Waals surface area contributed by atoms with Crippen LogP contribution >= 0.6 is 0 Å². The van der Waals surface area contributed by atoms with Crippen molar-refractivity contribution in [1.82, 2.24) is 5.32 Å². The Labute approximate surface area is 156 Å². The minimum atomic E-state index is 0.0488. The zero-order valence-corrected chi connectivity index (χ0v) is 15.9. The van der Waals surface area contributed by atoms with Crippen LogP contribution < -0.4 is 10.1 Å². The van der Waals surface area contributed by atoms with Crippen LogP contribution in [-0.2, 0) is 17.6 Å². The highest BCUT2D eigenvalue weighted by Crippen LogP contribution is 2.24. The zero-order chi connectivity index (χ0) is 18.4. The Hall–Kier alpha value is -2.29. The zero-order valence-electron chi connectivity index (χ0n) is 15.9. The number of amides is 1. The van der Waals surface area contributed by atoms with E-state index in [4.69, 9.17) is 4.74 Å². The number of carbonyl (C=O) groups excluding carboxylic acids is 1. The molecule has 1 N–H and O–H groups in total. The van der Waals surface area contributed by atoms with Gasteiger partial charge in [-0.2, -0.15) is 0 Å². The van der Waals surface area contributed by atoms with Gasteiger partial charge in [-0.15, -0.1) is 0 Å². The largest absolute Gasteiger partial charge is 0.494 e. The number of aryl methyl sites for hydroxylation is 3. The molecule has 0 heterocycles. The summed E-state index contributed by atoms with van der Waals surface area (Å²) in [6.45, 7) is 4.67. The number of hydrogen-bond donors (Lipinski definition) is 1. The monoisotopic (exact) mass is 351 g/mol. The van der Waals surface area contributed by atoms with Crippen LogP contribution in [0, 0.1) is 6.92 Å². The Morgan fingerprint density at radius 2 is 1.81 bits per heavy atom. The van der Waals surface area contributed by atoms with Crippen LogP contribution in [-0.4, -0.2) is 12.5 Å². The van der Waals surface area contributed by atoms with Gasteiger partial charge in [0.05, 0.1) is 12.6 Å². The highest BCUT2D eigenvalue weighted by molar-refractivity contribution is 5.76. The van der Waals surface area contributed by atoms with E-state index in [9.17, 15) is 4.79 Å². The number of benzene rings is 2. The maximum absolute atomic E-state index is 12.2. The fourth-order valence-electron chi connectivity index (χ4n) is 3.48. The molecule has 0 aromatic heterocycles. The first kappa shape index (κ1) is 18.5. The van der Waals surface area contributed by atoms with Gasteiger partial charge in [0.15, 0.2) is 0 Å². The normalized spacial score (nSPS) is 14.4. The molecule has 1 amide bonds. The third-order valence-corrected chi connectivity index (χ3v) is 5.09. The Morgan fingerprint density at radius 1 is 1.08 bits per heavy atom. The molecule has 0 spiro atoms. The number of ether oxygens (including phenoxy) is 1. The Morgan fingerprint density at radius 3 is 2.58 bits per heavy atom. The lowest BCUT2D eigenvalue weighted by atomic mass is 9.89. The van der Waals surface area contributed by atoms with Crippen molar-refractivity contribution >= 4 is 5.91 Å². The average molecular weight is 351 g/mol. The summed E-state index contributed by atoms with van der Waals surface area (Å²) in [6.07, 6.45) is 6.14. The number of hydrogen-bond acceptors (Lipinski definition) is 2. The lowest BCUT2D eigenvalue weighted by Gasteiger charge is -2.20. The fourth-order valence-corrected chi connectivity index (χ4v) is 3.48. The highest BCUT2D eigenvalue weighted by Gasteiger charge is 2.14. The van der Waals surface area contributed by atoms with Gasteiger partial charge in [0.25, 0.3) is 0 Å². The second-order valence-electron chi connectivity index (χ2n) is 7.29. The second-order valence-corrected chi connectivity index (χ2v) is 7.29. The third kappa shape index (κ3) is 5.10. The molecule has 0 saturated carbocycles. The highest BCUT2D eigenvalue weighted by atomic mass is 16.5. The number of carbonyl (C=O) groups is 1. The van der Waals surface area contributed by atoms with Crippen LogP contribution in [0.4, 0.5) is 0 Å². The van der Waals surface area contributed by atoms with Crippen molar-refractivity contribution in [1.29, 1.82) is 0 Å². The topological polar surface area (TPSA) is 38.3 Å². The molecule has 26 heavy (non-hydrogen) atoms. The number of nitrogens with one attached hydrogen (secondary N) is 1. The fraction of sp³-hybridized carbons (Fsp3) is 0.435. The van der Waals surface area contributed by atoms with E-state index >= 15 is 0 Å². The van der Waals surface area contributed by atoms with Crippen molar-refractivity contribution in [3.05, 3.63) is 64.7 Å². The molecule has 3 heteroatoms. The molecular formula is C23H29NO2. The first-order chi connectivity index (χ1) is 12.6. The maximum Gasteiger partial charge on any atom is 0.220 e. The molecule has 0 fully saturated rings. The molecule has 1 aliphatic carbocycles. The maximum atomic E-state index is 12.2. The number of rotatable bonds is 7. The van der Waals surface area contributed by atoms with Crippen LogP contribution in [0.1, 0.15) is 60.9 Å². The minimum Gasteiger partial charge on any atom is -0.494 e. The molecule has 2 aromatic rings. The van der Waals surface area contributed by atoms with Gasteiger partial charge in [0.2, 0.25) is 5.91 Å². The molecule has 138 valence electrons. The molecule has 0 aliphatic heterocycles. The first-order valence-electron chi connectivity index (χ1n) is 9.72. The molecule has 0 radical (unpaired) electrons. The summed E-state index contributed by atoms with van der Waals surface area (Å²) < 4.78 is 5.68. The van der Waals surface area contributed by atoms with Crippen molar-refractivity contribution in [3.8, 4) is 5.75 Å². The van der Waals surface area contributed by atoms with Crippen molar-refractivity contribution in [2.75, 3.05) is 6.61 Å². The predicted octanol–water partition coefficient (Wildman–Crippen LogP) is 4.91. The molecule has 2 aromatic carbocycles. The van der Waals surface area contributed by atoms with Crippen LogP contribution in [0.5, 0.6) is 5.75 Å². The van der Waals surface area contributed by atoms with Gasteiger partial charge in [0.1, 0.15) is 5.75 Å². The Balaban J connectivity index is 1.42. The molecule has 1 atom stereocenters. The van der Waals surface area contributed by atoms with Crippen molar-refractivity contribution < 1.29 is 9.53 Å². The van der Waals surface area contributed by atoms with Gasteiger partial charge >= 0.3 is 0 Å². The van der Waals surface area contributed by atoms with Gasteiger partial charge in [-0.25, -0.2) is 0 Å². The summed E-state index contributed by atoms with van der Waals surface area (Å²) in [5, 5.41) is 3.11. The van der Waals surface area contributed by atoms with E-state index in [1.165, 1.54) is 47.9 Å². The van der Waals surface area contributed by atoms with E-state index in [2.05, 4.69) is 37.4 Å². The van der Waals surface area contributed by atoms with E-state index in [1.54, 1.807) is 0 Å². The van der Waals surface area contributed by atoms with Crippen molar-refractivity contribution in [3.63, 3.8) is 0 Å². The quantitative estimate of drug-likeness (QED) is 0.720. The Kier molecular flexibility index (Phi) is 6.32. The standard InChI is InChI=1S/C23H29NO2/c1-17-9-13-22(14-10-17)26-15-5-8-23(25)24-18(2)20-12-11-19-6-3-4-7-21(19)16-20/h9-14,16,18H,3-8,15H2,1-2H3,(H,24,25). The minimum absolute atomic E-state index is 0.0488. The lowest BCUT2D eigenvalue weighted by molar-refractivity contribution is -0.121. The third-order valence-electron chi connectivity index (χ3n) is 5.09. The number of fused-ring (bicyclic) bond motifs is 1. The summed E-state index contributed by atoms with van der Waals surface area (Å²) in [5.41, 5.74) is 5.36. The van der Waals surface area contributed by atoms with Gasteiger partial charge in [-0.05, 0) is 74.8 Å². The summed E-state index contributed by atoms with van der Waals surface area (Å²) >= 11 is 0. The molecule has 1 unspecified atom stereocenters.